The van der Waals surface area contributed by atoms with Gasteiger partial charge in [-0.25, -0.2) is 4.98 Å². The van der Waals surface area contributed by atoms with Crippen molar-refractivity contribution in [1.29, 1.82) is 0 Å². The number of benzene rings is 8. The summed E-state index contributed by atoms with van der Waals surface area (Å²) in [6, 6.07) is 34.2. The molecular formula is C43H30N2. The number of hydrogen-bond donors (Lipinski definition) is 0. The van der Waals surface area contributed by atoms with Gasteiger partial charge in [0.15, 0.2) is 0 Å². The summed E-state index contributed by atoms with van der Waals surface area (Å²) < 4.78 is 63.7. The van der Waals surface area contributed by atoms with E-state index in [2.05, 4.69) is 47.9 Å². The molecule has 45 heavy (non-hydrogen) atoms. The van der Waals surface area contributed by atoms with Crippen molar-refractivity contribution in [2.75, 3.05) is 0 Å². The fourth-order valence-electron chi connectivity index (χ4n) is 6.87. The molecule has 0 fully saturated rings. The first kappa shape index (κ1) is 19.5. The van der Waals surface area contributed by atoms with Gasteiger partial charge in [-0.1, -0.05) is 134 Å². The second kappa shape index (κ2) is 10.2. The molecule has 1 heterocycles. The van der Waals surface area contributed by atoms with Gasteiger partial charge in [-0.05, 0) is 84.2 Å². The fraction of sp³-hybridized carbons (Fsp3) is 0.0465. The standard InChI is InChI=1S/C43H30N2/c1-2-41-44-38-21-11-12-22-40(38)45(41)39-26-25-37(31-15-5-6-16-32(31)39)43-35-19-9-7-17-33(35)42(34-18-8-10-20-36(34)43)30-24-23-28-13-3-4-14-29(28)27-30/h3-27H,2H2,1H3/i3D,4D,13D,14D,23D,24D,27D. The number of fused-ring (bicyclic) bond motifs is 5. The van der Waals surface area contributed by atoms with Crippen LogP contribution >= 0.6 is 0 Å². The number of rotatable bonds is 4. The van der Waals surface area contributed by atoms with Crippen LogP contribution in [0.25, 0.3) is 82.1 Å². The third kappa shape index (κ3) is 3.92. The monoisotopic (exact) mass is 581 g/mol. The fourth-order valence-corrected chi connectivity index (χ4v) is 6.87. The van der Waals surface area contributed by atoms with Gasteiger partial charge >= 0.3 is 0 Å². The molecule has 8 aromatic carbocycles. The van der Waals surface area contributed by atoms with E-state index in [1.54, 1.807) is 0 Å². The molecule has 0 N–H and O–H groups in total. The van der Waals surface area contributed by atoms with Gasteiger partial charge in [0.1, 0.15) is 5.82 Å². The van der Waals surface area contributed by atoms with E-state index in [-0.39, 0.29) is 40.5 Å². The van der Waals surface area contributed by atoms with Crippen LogP contribution in [-0.2, 0) is 6.42 Å². The normalized spacial score (nSPS) is 13.9. The zero-order chi connectivity index (χ0) is 36.0. The molecule has 0 amide bonds. The van der Waals surface area contributed by atoms with Crippen LogP contribution in [-0.4, -0.2) is 9.55 Å². The Balaban J connectivity index is 1.40. The maximum absolute atomic E-state index is 9.42. The smallest absolute Gasteiger partial charge is 0.114 e. The van der Waals surface area contributed by atoms with E-state index in [0.29, 0.717) is 5.56 Å². The predicted octanol–water partition coefficient (Wildman–Crippen LogP) is 11.5. The molecule has 212 valence electrons. The Labute approximate surface area is 271 Å². The van der Waals surface area contributed by atoms with Gasteiger partial charge in [0.25, 0.3) is 0 Å². The molecule has 0 spiro atoms. The van der Waals surface area contributed by atoms with Gasteiger partial charge in [-0.2, -0.15) is 0 Å². The van der Waals surface area contributed by atoms with Crippen LogP contribution in [0.4, 0.5) is 0 Å². The first-order chi connectivity index (χ1) is 25.2. The summed E-state index contributed by atoms with van der Waals surface area (Å²) in [5, 5.41) is 5.31. The molecule has 0 saturated carbocycles. The van der Waals surface area contributed by atoms with Crippen LogP contribution in [0.3, 0.4) is 0 Å². The van der Waals surface area contributed by atoms with E-state index >= 15 is 0 Å². The SMILES string of the molecule is [2H]c1c([2H])c([2H])c2c([2H])c(-c3c4ccccc4c(-c4ccc(-n5c(CC)nc6ccccc65)c5ccccc45)c4ccccc34)c([2H])c([2H])c2c1[2H]. The summed E-state index contributed by atoms with van der Waals surface area (Å²) in [7, 11) is 0. The average molecular weight is 582 g/mol. The van der Waals surface area contributed by atoms with Crippen LogP contribution in [0, 0.1) is 0 Å². The van der Waals surface area contributed by atoms with E-state index in [0.717, 1.165) is 72.4 Å². The van der Waals surface area contributed by atoms with Crippen molar-refractivity contribution < 1.29 is 9.60 Å². The summed E-state index contributed by atoms with van der Waals surface area (Å²) in [5.41, 5.74) is 5.80. The third-order valence-electron chi connectivity index (χ3n) is 8.79. The summed E-state index contributed by atoms with van der Waals surface area (Å²) in [4.78, 5) is 4.95. The van der Waals surface area contributed by atoms with Gasteiger partial charge in [-0.15, -0.1) is 0 Å². The molecular weight excluding hydrogens is 544 g/mol. The van der Waals surface area contributed by atoms with E-state index in [4.69, 9.17) is 11.8 Å². The molecule has 0 unspecified atom stereocenters. The molecule has 0 aliphatic carbocycles. The summed E-state index contributed by atoms with van der Waals surface area (Å²) >= 11 is 0. The van der Waals surface area contributed by atoms with Crippen LogP contribution in [0.2, 0.25) is 0 Å². The Kier molecular flexibility index (Phi) is 4.42. The van der Waals surface area contributed by atoms with Crippen molar-refractivity contribution in [3.05, 3.63) is 157 Å². The number of imidazole rings is 1. The number of hydrogen-bond acceptors (Lipinski definition) is 1. The molecule has 1 aromatic heterocycles. The second-order valence-corrected chi connectivity index (χ2v) is 11.2. The molecule has 9 rings (SSSR count). The van der Waals surface area contributed by atoms with Gasteiger partial charge < -0.3 is 0 Å². The number of nitrogens with zero attached hydrogens (tertiary/aromatic N) is 2. The van der Waals surface area contributed by atoms with Gasteiger partial charge in [0, 0.05) is 11.8 Å². The van der Waals surface area contributed by atoms with Crippen molar-refractivity contribution in [3.63, 3.8) is 0 Å². The van der Waals surface area contributed by atoms with Gasteiger partial charge in [0.2, 0.25) is 0 Å². The Morgan fingerprint density at radius 1 is 0.578 bits per heavy atom. The first-order valence-electron chi connectivity index (χ1n) is 18.6. The van der Waals surface area contributed by atoms with Crippen molar-refractivity contribution in [3.8, 4) is 27.9 Å². The molecule has 0 atom stereocenters. The van der Waals surface area contributed by atoms with E-state index in [1.165, 1.54) is 0 Å². The molecule has 0 bridgehead atoms. The lowest BCUT2D eigenvalue weighted by atomic mass is 9.84. The Hall–Kier alpha value is -5.73. The molecule has 0 aliphatic rings. The predicted molar refractivity (Wildman–Crippen MR) is 191 cm³/mol. The van der Waals surface area contributed by atoms with Crippen molar-refractivity contribution in [1.82, 2.24) is 9.55 Å². The molecule has 2 heteroatoms. The molecule has 0 aliphatic heterocycles. The molecule has 2 nitrogen and oxygen atoms in total. The molecule has 9 aromatic rings. The Bertz CT molecular complexity index is 2930. The molecule has 0 radical (unpaired) electrons. The summed E-state index contributed by atoms with van der Waals surface area (Å²) in [6.45, 7) is 2.12. The lowest BCUT2D eigenvalue weighted by Gasteiger charge is -2.20. The Morgan fingerprint density at radius 2 is 1.18 bits per heavy atom. The zero-order valence-electron chi connectivity index (χ0n) is 31.5. The second-order valence-electron chi connectivity index (χ2n) is 11.2. The van der Waals surface area contributed by atoms with E-state index in [9.17, 15) is 2.74 Å². The maximum Gasteiger partial charge on any atom is 0.114 e. The minimum atomic E-state index is -0.483. The topological polar surface area (TPSA) is 17.8 Å². The van der Waals surface area contributed by atoms with Crippen molar-refractivity contribution in [2.45, 2.75) is 13.3 Å². The zero-order valence-corrected chi connectivity index (χ0v) is 24.5. The minimum absolute atomic E-state index is 0.0562. The van der Waals surface area contributed by atoms with E-state index in [1.807, 2.05) is 72.8 Å². The van der Waals surface area contributed by atoms with Crippen LogP contribution in [0.15, 0.2) is 151 Å². The largest absolute Gasteiger partial charge is 0.296 e. The lowest BCUT2D eigenvalue weighted by molar-refractivity contribution is 0.913. The van der Waals surface area contributed by atoms with E-state index < -0.39 is 18.1 Å². The summed E-state index contributed by atoms with van der Waals surface area (Å²) in [5.74, 6) is 0.978. The highest BCUT2D eigenvalue weighted by molar-refractivity contribution is 6.24. The van der Waals surface area contributed by atoms with Crippen LogP contribution in [0.1, 0.15) is 22.3 Å². The van der Waals surface area contributed by atoms with Crippen molar-refractivity contribution in [2.24, 2.45) is 0 Å². The van der Waals surface area contributed by atoms with Crippen LogP contribution in [0.5, 0.6) is 0 Å². The highest BCUT2D eigenvalue weighted by Crippen LogP contribution is 2.46. The Morgan fingerprint density at radius 3 is 1.89 bits per heavy atom. The molecule has 0 saturated heterocycles. The maximum atomic E-state index is 9.42. The van der Waals surface area contributed by atoms with Crippen molar-refractivity contribution >= 4 is 54.1 Å². The van der Waals surface area contributed by atoms with Gasteiger partial charge in [-0.3, -0.25) is 4.57 Å². The lowest BCUT2D eigenvalue weighted by Crippen LogP contribution is -2.01. The highest BCUT2D eigenvalue weighted by atomic mass is 15.1. The highest BCUT2D eigenvalue weighted by Gasteiger charge is 2.20. The average Bonchev–Trinajstić information content (AvgIpc) is 3.55. The summed E-state index contributed by atoms with van der Waals surface area (Å²) in [6.07, 6.45) is 0.768. The quantitative estimate of drug-likeness (QED) is 0.189. The van der Waals surface area contributed by atoms with Gasteiger partial charge in [0.05, 0.1) is 26.3 Å². The first-order valence-corrected chi connectivity index (χ1v) is 15.1. The number of aryl methyl sites for hydroxylation is 1. The minimum Gasteiger partial charge on any atom is -0.296 e. The van der Waals surface area contributed by atoms with Crippen LogP contribution < -0.4 is 0 Å². The third-order valence-corrected chi connectivity index (χ3v) is 8.79. The number of aromatic nitrogens is 2. The number of para-hydroxylation sites is 2.